The lowest BCUT2D eigenvalue weighted by Gasteiger charge is -2.17. The van der Waals surface area contributed by atoms with Gasteiger partial charge in [-0.15, -0.1) is 22.7 Å². The third-order valence-corrected chi connectivity index (χ3v) is 7.46. The van der Waals surface area contributed by atoms with Gasteiger partial charge in [0.05, 0.1) is 11.3 Å². The Bertz CT molecular complexity index is 1130. The number of carbonyl (C=O) groups is 2. The molecule has 9 heteroatoms. The van der Waals surface area contributed by atoms with Crippen molar-refractivity contribution < 1.29 is 14.3 Å². The molecular weight excluding hydrogens is 408 g/mol. The quantitative estimate of drug-likeness (QED) is 0.638. The molecule has 1 atom stereocenters. The molecule has 0 fully saturated rings. The van der Waals surface area contributed by atoms with Crippen molar-refractivity contribution in [3.05, 3.63) is 32.6 Å². The van der Waals surface area contributed by atoms with Gasteiger partial charge in [-0.05, 0) is 43.7 Å². The Labute approximate surface area is 175 Å². The first-order chi connectivity index (χ1) is 13.9. The van der Waals surface area contributed by atoms with Crippen LogP contribution in [0.25, 0.3) is 10.2 Å². The van der Waals surface area contributed by atoms with E-state index >= 15 is 0 Å². The van der Waals surface area contributed by atoms with Gasteiger partial charge in [0.1, 0.15) is 20.8 Å². The number of carbonyl (C=O) groups excluding carboxylic acids is 2. The zero-order valence-electron chi connectivity index (χ0n) is 16.4. The van der Waals surface area contributed by atoms with Gasteiger partial charge in [0, 0.05) is 17.3 Å². The zero-order valence-corrected chi connectivity index (χ0v) is 18.0. The van der Waals surface area contributed by atoms with Crippen LogP contribution in [-0.4, -0.2) is 28.3 Å². The number of rotatable bonds is 4. The molecule has 0 spiro atoms. The summed E-state index contributed by atoms with van der Waals surface area (Å²) in [6, 6.07) is 3.96. The third-order valence-electron chi connectivity index (χ3n) is 5.11. The van der Waals surface area contributed by atoms with Crippen molar-refractivity contribution in [3.63, 3.8) is 0 Å². The number of nitrogens with zero attached hydrogens (tertiary/aromatic N) is 3. The molecule has 3 aromatic rings. The van der Waals surface area contributed by atoms with Crippen LogP contribution in [0.1, 0.15) is 44.7 Å². The van der Waals surface area contributed by atoms with E-state index in [9.17, 15) is 14.9 Å². The van der Waals surface area contributed by atoms with Crippen LogP contribution in [-0.2, 0) is 29.4 Å². The van der Waals surface area contributed by atoms with Gasteiger partial charge in [-0.25, -0.2) is 4.79 Å². The minimum atomic E-state index is -0.541. The van der Waals surface area contributed by atoms with Crippen LogP contribution >= 0.6 is 22.7 Å². The van der Waals surface area contributed by atoms with E-state index in [1.54, 1.807) is 10.7 Å². The maximum absolute atomic E-state index is 12.3. The van der Waals surface area contributed by atoms with Crippen molar-refractivity contribution in [3.8, 4) is 6.07 Å². The van der Waals surface area contributed by atoms with Crippen LogP contribution < -0.4 is 5.32 Å². The van der Waals surface area contributed by atoms with Gasteiger partial charge in [0.25, 0.3) is 5.91 Å². The van der Waals surface area contributed by atoms with Crippen molar-refractivity contribution >= 4 is 49.8 Å². The van der Waals surface area contributed by atoms with E-state index in [0.29, 0.717) is 21.4 Å². The number of aromatic nitrogens is 2. The predicted octanol–water partition coefficient (Wildman–Crippen LogP) is 3.80. The molecule has 1 N–H and O–H groups in total. The molecule has 1 aliphatic rings. The number of thiophene rings is 2. The highest BCUT2D eigenvalue weighted by molar-refractivity contribution is 7.20. The molecular formula is C20H20N4O3S2. The summed E-state index contributed by atoms with van der Waals surface area (Å²) in [5, 5.41) is 18.0. The van der Waals surface area contributed by atoms with E-state index in [1.165, 1.54) is 27.6 Å². The minimum Gasteiger partial charge on any atom is -0.451 e. The second-order valence-electron chi connectivity index (χ2n) is 7.33. The molecule has 29 heavy (non-hydrogen) atoms. The minimum absolute atomic E-state index is 0.395. The Balaban J connectivity index is 1.42. The summed E-state index contributed by atoms with van der Waals surface area (Å²) in [5.41, 5.74) is 2.44. The van der Waals surface area contributed by atoms with E-state index in [2.05, 4.69) is 23.4 Å². The normalized spacial score (nSPS) is 15.7. The van der Waals surface area contributed by atoms with Gasteiger partial charge in [-0.3, -0.25) is 9.48 Å². The zero-order chi connectivity index (χ0) is 20.7. The fourth-order valence-electron chi connectivity index (χ4n) is 3.63. The molecule has 1 amide bonds. The number of nitrogens with one attached hydrogen (secondary N) is 1. The molecule has 0 aliphatic heterocycles. The average Bonchev–Trinajstić information content (AvgIpc) is 3.33. The topological polar surface area (TPSA) is 97.0 Å². The van der Waals surface area contributed by atoms with Crippen LogP contribution in [0, 0.1) is 24.2 Å². The molecule has 7 nitrogen and oxygen atoms in total. The van der Waals surface area contributed by atoms with E-state index in [1.807, 2.05) is 14.0 Å². The van der Waals surface area contributed by atoms with Gasteiger partial charge in [-0.2, -0.15) is 10.4 Å². The largest absolute Gasteiger partial charge is 0.451 e. The first kappa shape index (κ1) is 19.6. The number of hydrogen-bond acceptors (Lipinski definition) is 7. The van der Waals surface area contributed by atoms with Gasteiger partial charge in [0.15, 0.2) is 6.61 Å². The van der Waals surface area contributed by atoms with Crippen LogP contribution in [0.4, 0.5) is 5.00 Å². The van der Waals surface area contributed by atoms with Crippen LogP contribution in [0.3, 0.4) is 0 Å². The third kappa shape index (κ3) is 3.66. The molecule has 1 unspecified atom stereocenters. The van der Waals surface area contributed by atoms with Crippen LogP contribution in [0.5, 0.6) is 0 Å². The Morgan fingerprint density at radius 1 is 1.45 bits per heavy atom. The monoisotopic (exact) mass is 428 g/mol. The molecule has 0 saturated heterocycles. The highest BCUT2D eigenvalue weighted by Crippen LogP contribution is 2.39. The van der Waals surface area contributed by atoms with Gasteiger partial charge < -0.3 is 10.1 Å². The van der Waals surface area contributed by atoms with Gasteiger partial charge >= 0.3 is 5.97 Å². The molecule has 0 bridgehead atoms. The molecule has 0 radical (unpaired) electrons. The number of amides is 1. The number of fused-ring (bicyclic) bond motifs is 2. The van der Waals surface area contributed by atoms with Gasteiger partial charge in [0.2, 0.25) is 0 Å². The molecule has 0 aromatic carbocycles. The smallest absolute Gasteiger partial charge is 0.348 e. The number of aryl methyl sites for hydroxylation is 2. The summed E-state index contributed by atoms with van der Waals surface area (Å²) < 4.78 is 6.91. The molecule has 1 aliphatic carbocycles. The maximum atomic E-state index is 12.3. The number of ether oxygens (including phenoxy) is 1. The van der Waals surface area contributed by atoms with Crippen LogP contribution in [0.2, 0.25) is 0 Å². The molecule has 150 valence electrons. The standard InChI is InChI=1S/C20H20N4O3S2/c1-10-4-5-12-14(8-21)18(28-15(12)6-10)22-17(25)9-27-20(26)16-7-13-11(2)23-24(3)19(13)29-16/h7,10H,4-6,9H2,1-3H3,(H,22,25). The van der Waals surface area contributed by atoms with Crippen molar-refractivity contribution in [2.24, 2.45) is 13.0 Å². The number of hydrogen-bond donors (Lipinski definition) is 1. The molecule has 0 saturated carbocycles. The Kier molecular flexibility index (Phi) is 5.15. The lowest BCUT2D eigenvalue weighted by Crippen LogP contribution is -2.20. The Morgan fingerprint density at radius 3 is 2.97 bits per heavy atom. The molecule has 3 heterocycles. The maximum Gasteiger partial charge on any atom is 0.348 e. The summed E-state index contributed by atoms with van der Waals surface area (Å²) in [5.74, 6) is -0.404. The highest BCUT2D eigenvalue weighted by Gasteiger charge is 2.25. The predicted molar refractivity (Wildman–Crippen MR) is 112 cm³/mol. The van der Waals surface area contributed by atoms with Crippen molar-refractivity contribution in [1.29, 1.82) is 5.26 Å². The first-order valence-corrected chi connectivity index (χ1v) is 11.0. The van der Waals surface area contributed by atoms with E-state index in [0.717, 1.165) is 40.7 Å². The average molecular weight is 429 g/mol. The highest BCUT2D eigenvalue weighted by atomic mass is 32.1. The number of esters is 1. The van der Waals surface area contributed by atoms with Crippen molar-refractivity contribution in [2.75, 3.05) is 11.9 Å². The summed E-state index contributed by atoms with van der Waals surface area (Å²) in [6.07, 6.45) is 2.84. The van der Waals surface area contributed by atoms with Crippen LogP contribution in [0.15, 0.2) is 6.07 Å². The Morgan fingerprint density at radius 2 is 2.24 bits per heavy atom. The van der Waals surface area contributed by atoms with E-state index in [4.69, 9.17) is 4.74 Å². The number of anilines is 1. The molecule has 4 rings (SSSR count). The fourth-order valence-corrected chi connectivity index (χ4v) is 6.02. The summed E-state index contributed by atoms with van der Waals surface area (Å²) in [6.45, 7) is 3.68. The fraction of sp³-hybridized carbons (Fsp3) is 0.400. The van der Waals surface area contributed by atoms with E-state index < -0.39 is 18.5 Å². The van der Waals surface area contributed by atoms with Crippen molar-refractivity contribution in [2.45, 2.75) is 33.1 Å². The number of nitriles is 1. The lowest BCUT2D eigenvalue weighted by molar-refractivity contribution is -0.119. The SMILES string of the molecule is Cc1nn(C)c2sc(C(=O)OCC(=O)Nc3sc4c(c3C#N)CCC(C)C4)cc12. The summed E-state index contributed by atoms with van der Waals surface area (Å²) >= 11 is 2.74. The lowest BCUT2D eigenvalue weighted by atomic mass is 9.89. The summed E-state index contributed by atoms with van der Waals surface area (Å²) in [7, 11) is 1.82. The van der Waals surface area contributed by atoms with Gasteiger partial charge in [-0.1, -0.05) is 6.92 Å². The van der Waals surface area contributed by atoms with E-state index in [-0.39, 0.29) is 0 Å². The summed E-state index contributed by atoms with van der Waals surface area (Å²) in [4.78, 5) is 27.1. The first-order valence-electron chi connectivity index (χ1n) is 9.32. The second kappa shape index (κ2) is 7.61. The van der Waals surface area contributed by atoms with Crippen molar-refractivity contribution in [1.82, 2.24) is 9.78 Å². The Hall–Kier alpha value is -2.70. The second-order valence-corrected chi connectivity index (χ2v) is 9.47. The molecule has 3 aromatic heterocycles.